The lowest BCUT2D eigenvalue weighted by molar-refractivity contribution is 0.00740. The molecule has 41 heavy (non-hydrogen) atoms. The van der Waals surface area contributed by atoms with Crippen LogP contribution in [0.2, 0.25) is 0 Å². The summed E-state index contributed by atoms with van der Waals surface area (Å²) in [7, 11) is 0. The van der Waals surface area contributed by atoms with Gasteiger partial charge >= 0.3 is 0 Å². The van der Waals surface area contributed by atoms with Gasteiger partial charge in [-0.3, -0.25) is 0 Å². The van der Waals surface area contributed by atoms with Crippen molar-refractivity contribution >= 4 is 43.1 Å². The van der Waals surface area contributed by atoms with E-state index in [1.165, 1.54) is 90.2 Å². The molecule has 2 atom stereocenters. The fourth-order valence-corrected chi connectivity index (χ4v) is 8.27. The molecule has 9 rings (SSSR count). The Labute approximate surface area is 240 Å². The fourth-order valence-electron chi connectivity index (χ4n) is 8.27. The van der Waals surface area contributed by atoms with Gasteiger partial charge in [0.25, 0.3) is 0 Å². The SMILES string of the molecule is CC12CCCCC1(C)c1cc(-c3ccc4ccc5c(-c6cccc7ccccc67)ccc6ccc3c4c65)ccc1O2. The Morgan fingerprint density at radius 1 is 0.537 bits per heavy atom. The maximum absolute atomic E-state index is 6.66. The maximum atomic E-state index is 6.66. The molecule has 0 N–H and O–H groups in total. The molecule has 0 amide bonds. The second-order valence-corrected chi connectivity index (χ2v) is 12.8. The van der Waals surface area contributed by atoms with Crippen LogP contribution in [-0.4, -0.2) is 5.60 Å². The summed E-state index contributed by atoms with van der Waals surface area (Å²) in [6.07, 6.45) is 4.85. The zero-order valence-electron chi connectivity index (χ0n) is 23.6. The van der Waals surface area contributed by atoms with Gasteiger partial charge in [0.05, 0.1) is 0 Å². The first kappa shape index (κ1) is 23.4. The Morgan fingerprint density at radius 2 is 1.20 bits per heavy atom. The first-order valence-electron chi connectivity index (χ1n) is 15.1. The van der Waals surface area contributed by atoms with Crippen molar-refractivity contribution in [2.24, 2.45) is 0 Å². The van der Waals surface area contributed by atoms with Crippen LogP contribution in [-0.2, 0) is 5.41 Å². The molecule has 1 nitrogen and oxygen atoms in total. The van der Waals surface area contributed by atoms with E-state index in [1.54, 1.807) is 0 Å². The quantitative estimate of drug-likeness (QED) is 0.203. The molecule has 2 unspecified atom stereocenters. The van der Waals surface area contributed by atoms with Crippen LogP contribution in [0.25, 0.3) is 65.3 Å². The molecule has 1 heteroatoms. The van der Waals surface area contributed by atoms with E-state index in [4.69, 9.17) is 4.74 Å². The van der Waals surface area contributed by atoms with Crippen LogP contribution in [0.4, 0.5) is 0 Å². The second-order valence-electron chi connectivity index (χ2n) is 12.8. The van der Waals surface area contributed by atoms with E-state index in [9.17, 15) is 0 Å². The van der Waals surface area contributed by atoms with Gasteiger partial charge in [-0.25, -0.2) is 0 Å². The average molecular weight is 529 g/mol. The first-order valence-corrected chi connectivity index (χ1v) is 15.1. The lowest BCUT2D eigenvalue weighted by atomic mass is 9.63. The van der Waals surface area contributed by atoms with E-state index in [-0.39, 0.29) is 11.0 Å². The number of rotatable bonds is 2. The van der Waals surface area contributed by atoms with Crippen molar-refractivity contribution in [2.75, 3.05) is 0 Å². The Kier molecular flexibility index (Phi) is 4.62. The molecule has 1 aliphatic carbocycles. The van der Waals surface area contributed by atoms with E-state index >= 15 is 0 Å². The van der Waals surface area contributed by atoms with Gasteiger partial charge in [-0.15, -0.1) is 0 Å². The van der Waals surface area contributed by atoms with Gasteiger partial charge in [-0.05, 0) is 104 Å². The Bertz CT molecular complexity index is 2170. The standard InChI is InChI=1S/C40H32O/c1-39-22-5-6-23-40(39,2)41-36-21-16-28(24-35(36)39)30-17-12-26-15-20-34-32(18-13-27-14-19-33(30)37(26)38(27)34)31-11-7-9-25-8-3-4-10-29(25)31/h3-4,7-21,24H,5-6,22-23H2,1-2H3. The number of hydrogen-bond acceptors (Lipinski definition) is 1. The van der Waals surface area contributed by atoms with Crippen LogP contribution in [0.1, 0.15) is 45.1 Å². The summed E-state index contributed by atoms with van der Waals surface area (Å²) in [5.41, 5.74) is 6.53. The van der Waals surface area contributed by atoms with Gasteiger partial charge in [-0.2, -0.15) is 0 Å². The van der Waals surface area contributed by atoms with Crippen molar-refractivity contribution in [2.45, 2.75) is 50.5 Å². The third-order valence-electron chi connectivity index (χ3n) is 10.7. The molecular weight excluding hydrogens is 496 g/mol. The minimum Gasteiger partial charge on any atom is -0.486 e. The van der Waals surface area contributed by atoms with Gasteiger partial charge in [-0.1, -0.05) is 110 Å². The predicted octanol–water partition coefficient (Wildman–Crippen LogP) is 11.1. The normalized spacial score (nSPS) is 21.9. The van der Waals surface area contributed by atoms with E-state index in [2.05, 4.69) is 123 Å². The topological polar surface area (TPSA) is 9.23 Å². The molecule has 7 aromatic carbocycles. The number of fused-ring (bicyclic) bond motifs is 4. The van der Waals surface area contributed by atoms with Gasteiger partial charge < -0.3 is 4.74 Å². The van der Waals surface area contributed by atoms with Crippen LogP contribution in [0.3, 0.4) is 0 Å². The molecule has 7 aromatic rings. The average Bonchev–Trinajstić information content (AvgIpc) is 3.25. The molecule has 1 fully saturated rings. The smallest absolute Gasteiger partial charge is 0.124 e. The highest BCUT2D eigenvalue weighted by molar-refractivity contribution is 6.28. The summed E-state index contributed by atoms with van der Waals surface area (Å²) in [5.74, 6) is 1.08. The number of ether oxygens (including phenoxy) is 1. The molecule has 0 spiro atoms. The predicted molar refractivity (Wildman–Crippen MR) is 173 cm³/mol. The summed E-state index contributed by atoms with van der Waals surface area (Å²) in [6.45, 7) is 4.76. The van der Waals surface area contributed by atoms with Crippen LogP contribution < -0.4 is 4.74 Å². The molecular formula is C40H32O. The van der Waals surface area contributed by atoms with Gasteiger partial charge in [0, 0.05) is 11.0 Å². The molecule has 1 heterocycles. The Hall–Kier alpha value is -4.36. The highest BCUT2D eigenvalue weighted by Gasteiger charge is 2.55. The summed E-state index contributed by atoms with van der Waals surface area (Å²) in [5, 5.41) is 10.6. The van der Waals surface area contributed by atoms with Gasteiger partial charge in [0.2, 0.25) is 0 Å². The Morgan fingerprint density at radius 3 is 2.02 bits per heavy atom. The minimum atomic E-state index is -0.104. The van der Waals surface area contributed by atoms with Crippen LogP contribution in [0.5, 0.6) is 5.75 Å². The van der Waals surface area contributed by atoms with Crippen molar-refractivity contribution < 1.29 is 4.74 Å². The summed E-state index contributed by atoms with van der Waals surface area (Å²) < 4.78 is 6.66. The third kappa shape index (κ3) is 3.07. The van der Waals surface area contributed by atoms with Gasteiger partial charge in [0.15, 0.2) is 0 Å². The highest BCUT2D eigenvalue weighted by atomic mass is 16.5. The van der Waals surface area contributed by atoms with Crippen molar-refractivity contribution in [3.05, 3.63) is 115 Å². The lowest BCUT2D eigenvalue weighted by Crippen LogP contribution is -2.49. The van der Waals surface area contributed by atoms with Crippen LogP contribution >= 0.6 is 0 Å². The monoisotopic (exact) mass is 528 g/mol. The molecule has 1 saturated carbocycles. The van der Waals surface area contributed by atoms with Gasteiger partial charge in [0.1, 0.15) is 11.4 Å². The summed E-state index contributed by atoms with van der Waals surface area (Å²) in [4.78, 5) is 0. The zero-order chi connectivity index (χ0) is 27.3. The summed E-state index contributed by atoms with van der Waals surface area (Å²) >= 11 is 0. The minimum absolute atomic E-state index is 0.0632. The van der Waals surface area contributed by atoms with Crippen molar-refractivity contribution in [1.82, 2.24) is 0 Å². The maximum Gasteiger partial charge on any atom is 0.124 e. The summed E-state index contributed by atoms with van der Waals surface area (Å²) in [6, 6.07) is 40.9. The van der Waals surface area contributed by atoms with Crippen molar-refractivity contribution in [1.29, 1.82) is 0 Å². The Balaban J connectivity index is 1.29. The van der Waals surface area contributed by atoms with E-state index < -0.39 is 0 Å². The largest absolute Gasteiger partial charge is 0.486 e. The lowest BCUT2D eigenvalue weighted by Gasteiger charge is -2.43. The van der Waals surface area contributed by atoms with E-state index in [0.29, 0.717) is 0 Å². The molecule has 1 aliphatic heterocycles. The number of benzene rings is 7. The molecule has 0 bridgehead atoms. The van der Waals surface area contributed by atoms with E-state index in [1.807, 2.05) is 0 Å². The number of hydrogen-bond donors (Lipinski definition) is 0. The molecule has 0 saturated heterocycles. The molecule has 0 aromatic heterocycles. The van der Waals surface area contributed by atoms with Crippen molar-refractivity contribution in [3.63, 3.8) is 0 Å². The van der Waals surface area contributed by atoms with Crippen LogP contribution in [0, 0.1) is 0 Å². The molecule has 2 aliphatic rings. The third-order valence-corrected chi connectivity index (χ3v) is 10.7. The fraction of sp³-hybridized carbons (Fsp3) is 0.200. The van der Waals surface area contributed by atoms with Crippen LogP contribution in [0.15, 0.2) is 109 Å². The first-order chi connectivity index (χ1) is 20.0. The zero-order valence-corrected chi connectivity index (χ0v) is 23.6. The molecule has 0 radical (unpaired) electrons. The second kappa shape index (κ2) is 8.10. The molecule has 198 valence electrons. The van der Waals surface area contributed by atoms with E-state index in [0.717, 1.165) is 12.2 Å². The van der Waals surface area contributed by atoms with Crippen molar-refractivity contribution in [3.8, 4) is 28.0 Å². The highest BCUT2D eigenvalue weighted by Crippen LogP contribution is 2.57.